The molecule has 116 valence electrons. The highest BCUT2D eigenvalue weighted by Crippen LogP contribution is 2.33. The Morgan fingerprint density at radius 1 is 1.38 bits per heavy atom. The van der Waals surface area contributed by atoms with Gasteiger partial charge in [-0.3, -0.25) is 4.79 Å². The van der Waals surface area contributed by atoms with Crippen LogP contribution in [0.2, 0.25) is 0 Å². The van der Waals surface area contributed by atoms with Crippen LogP contribution in [0.1, 0.15) is 6.42 Å². The lowest BCUT2D eigenvalue weighted by Crippen LogP contribution is -2.50. The van der Waals surface area contributed by atoms with Crippen LogP contribution < -0.4 is 10.6 Å². The SMILES string of the molecule is NC1(C(=O)O)CCN(c2ccccc2S(=O)(=O)C(F)F)C1. The normalized spacial score (nSPS) is 22.8. The quantitative estimate of drug-likeness (QED) is 0.846. The van der Waals surface area contributed by atoms with Gasteiger partial charge in [0.1, 0.15) is 5.54 Å². The van der Waals surface area contributed by atoms with Gasteiger partial charge in [0.2, 0.25) is 9.84 Å². The number of sulfone groups is 1. The second-order valence-corrected chi connectivity index (χ2v) is 6.79. The minimum Gasteiger partial charge on any atom is -0.480 e. The number of nitrogens with two attached hydrogens (primary N) is 1. The number of nitrogens with zero attached hydrogens (tertiary/aromatic N) is 1. The summed E-state index contributed by atoms with van der Waals surface area (Å²) in [6.07, 6.45) is 0.103. The van der Waals surface area contributed by atoms with Crippen molar-refractivity contribution in [2.24, 2.45) is 5.73 Å². The number of benzene rings is 1. The average molecular weight is 320 g/mol. The molecule has 1 fully saturated rings. The fourth-order valence-corrected chi connectivity index (χ4v) is 3.22. The first kappa shape index (κ1) is 15.6. The summed E-state index contributed by atoms with van der Waals surface area (Å²) in [6, 6.07) is 5.27. The number of halogens is 2. The zero-order valence-electron chi connectivity index (χ0n) is 10.9. The number of carboxylic acid groups (broad SMARTS) is 1. The lowest BCUT2D eigenvalue weighted by atomic mass is 10.0. The van der Waals surface area contributed by atoms with Crippen LogP contribution in [-0.2, 0) is 14.6 Å². The van der Waals surface area contributed by atoms with E-state index in [1.54, 1.807) is 0 Å². The average Bonchev–Trinajstić information content (AvgIpc) is 2.82. The molecule has 6 nitrogen and oxygen atoms in total. The Hall–Kier alpha value is -1.74. The van der Waals surface area contributed by atoms with E-state index >= 15 is 0 Å². The Kier molecular flexibility index (Phi) is 3.89. The molecule has 0 amide bonds. The van der Waals surface area contributed by atoms with Gasteiger partial charge < -0.3 is 15.7 Å². The number of anilines is 1. The molecule has 0 saturated carbocycles. The third kappa shape index (κ3) is 2.70. The van der Waals surface area contributed by atoms with Gasteiger partial charge >= 0.3 is 11.7 Å². The van der Waals surface area contributed by atoms with Crippen molar-refractivity contribution in [1.29, 1.82) is 0 Å². The van der Waals surface area contributed by atoms with Crippen LogP contribution in [0.5, 0.6) is 0 Å². The number of aliphatic carboxylic acids is 1. The first-order chi connectivity index (χ1) is 9.68. The molecule has 1 aliphatic rings. The summed E-state index contributed by atoms with van der Waals surface area (Å²) < 4.78 is 48.8. The molecule has 0 aliphatic carbocycles. The van der Waals surface area contributed by atoms with Crippen molar-refractivity contribution in [3.63, 3.8) is 0 Å². The summed E-state index contributed by atoms with van der Waals surface area (Å²) in [4.78, 5) is 12.0. The maximum absolute atomic E-state index is 12.7. The minimum absolute atomic E-state index is 0.0476. The third-order valence-electron chi connectivity index (χ3n) is 3.47. The van der Waals surface area contributed by atoms with Gasteiger partial charge in [0.25, 0.3) is 0 Å². The molecule has 9 heteroatoms. The molecule has 0 aromatic heterocycles. The molecule has 3 N–H and O–H groups in total. The summed E-state index contributed by atoms with van der Waals surface area (Å²) in [6.45, 7) is 0.0384. The van der Waals surface area contributed by atoms with Crippen LogP contribution in [0.15, 0.2) is 29.2 Å². The molecule has 1 aliphatic heterocycles. The monoisotopic (exact) mass is 320 g/mol. The van der Waals surface area contributed by atoms with Crippen LogP contribution >= 0.6 is 0 Å². The number of hydrogen-bond donors (Lipinski definition) is 2. The van der Waals surface area contributed by atoms with Crippen LogP contribution in [0.4, 0.5) is 14.5 Å². The fourth-order valence-electron chi connectivity index (χ4n) is 2.27. The van der Waals surface area contributed by atoms with E-state index < -0.39 is 32.0 Å². The first-order valence-electron chi connectivity index (χ1n) is 6.07. The number of hydrogen-bond acceptors (Lipinski definition) is 5. The number of carboxylic acids is 1. The molecular weight excluding hydrogens is 306 g/mol. The van der Waals surface area contributed by atoms with E-state index in [1.165, 1.54) is 23.1 Å². The standard InChI is InChI=1S/C12H14F2N2O4S/c13-11(14)21(19,20)9-4-2-1-3-8(9)16-6-5-12(15,7-16)10(17)18/h1-4,11H,5-7,15H2,(H,17,18). The van der Waals surface area contributed by atoms with Crippen LogP contribution in [-0.4, -0.2) is 43.9 Å². The van der Waals surface area contributed by atoms with Gasteiger partial charge in [-0.1, -0.05) is 12.1 Å². The third-order valence-corrected chi connectivity index (χ3v) is 4.90. The molecule has 21 heavy (non-hydrogen) atoms. The Bertz CT molecular complexity index is 665. The Morgan fingerprint density at radius 3 is 2.52 bits per heavy atom. The number of rotatable bonds is 4. The van der Waals surface area contributed by atoms with Crippen molar-refractivity contribution < 1.29 is 27.1 Å². The zero-order chi connectivity index (χ0) is 15.8. The molecular formula is C12H14F2N2O4S. The van der Waals surface area contributed by atoms with Gasteiger partial charge in [0.05, 0.1) is 10.6 Å². The largest absolute Gasteiger partial charge is 0.480 e. The van der Waals surface area contributed by atoms with Crippen molar-refractivity contribution >= 4 is 21.5 Å². The summed E-state index contributed by atoms with van der Waals surface area (Å²) >= 11 is 0. The van der Waals surface area contributed by atoms with Gasteiger partial charge in [-0.15, -0.1) is 0 Å². The lowest BCUT2D eigenvalue weighted by molar-refractivity contribution is -0.142. The van der Waals surface area contributed by atoms with E-state index in [4.69, 9.17) is 10.8 Å². The number of para-hydroxylation sites is 1. The summed E-state index contributed by atoms with van der Waals surface area (Å²) in [7, 11) is -4.77. The molecule has 1 heterocycles. The lowest BCUT2D eigenvalue weighted by Gasteiger charge is -2.23. The van der Waals surface area contributed by atoms with Crippen LogP contribution in [0.3, 0.4) is 0 Å². The Morgan fingerprint density at radius 2 is 2.00 bits per heavy atom. The molecule has 1 atom stereocenters. The van der Waals surface area contributed by atoms with E-state index in [9.17, 15) is 22.0 Å². The van der Waals surface area contributed by atoms with Crippen molar-refractivity contribution in [3.05, 3.63) is 24.3 Å². The van der Waals surface area contributed by atoms with Crippen molar-refractivity contribution in [2.75, 3.05) is 18.0 Å². The molecule has 0 bridgehead atoms. The van der Waals surface area contributed by atoms with Gasteiger partial charge in [-0.05, 0) is 18.6 Å². The fraction of sp³-hybridized carbons (Fsp3) is 0.417. The molecule has 1 aromatic rings. The second-order valence-electron chi connectivity index (χ2n) is 4.91. The topological polar surface area (TPSA) is 101 Å². The van der Waals surface area contributed by atoms with E-state index in [2.05, 4.69) is 0 Å². The van der Waals surface area contributed by atoms with E-state index in [0.29, 0.717) is 0 Å². The highest BCUT2D eigenvalue weighted by atomic mass is 32.2. The number of alkyl halides is 2. The van der Waals surface area contributed by atoms with Gasteiger partial charge in [0, 0.05) is 13.1 Å². The maximum Gasteiger partial charge on any atom is 0.341 e. The van der Waals surface area contributed by atoms with Crippen molar-refractivity contribution in [2.45, 2.75) is 22.6 Å². The van der Waals surface area contributed by atoms with Crippen LogP contribution in [0, 0.1) is 0 Å². The highest BCUT2D eigenvalue weighted by molar-refractivity contribution is 7.91. The van der Waals surface area contributed by atoms with E-state index in [-0.39, 0.29) is 25.2 Å². The second kappa shape index (κ2) is 5.23. The van der Waals surface area contributed by atoms with Crippen molar-refractivity contribution in [3.8, 4) is 0 Å². The van der Waals surface area contributed by atoms with Gasteiger partial charge in [-0.2, -0.15) is 8.78 Å². The van der Waals surface area contributed by atoms with Gasteiger partial charge in [0.15, 0.2) is 0 Å². The molecule has 0 radical (unpaired) electrons. The summed E-state index contributed by atoms with van der Waals surface area (Å²) in [5.74, 6) is -4.75. The summed E-state index contributed by atoms with van der Waals surface area (Å²) in [5.41, 5.74) is 4.25. The first-order valence-corrected chi connectivity index (χ1v) is 7.61. The predicted molar refractivity (Wildman–Crippen MR) is 71.0 cm³/mol. The Labute approximate surface area is 120 Å². The van der Waals surface area contributed by atoms with E-state index in [0.717, 1.165) is 6.07 Å². The van der Waals surface area contributed by atoms with E-state index in [1.807, 2.05) is 0 Å². The highest BCUT2D eigenvalue weighted by Gasteiger charge is 2.43. The molecule has 1 unspecified atom stereocenters. The molecule has 2 rings (SSSR count). The molecule has 1 aromatic carbocycles. The minimum atomic E-state index is -4.77. The number of carbonyl (C=O) groups is 1. The van der Waals surface area contributed by atoms with Crippen molar-refractivity contribution in [1.82, 2.24) is 0 Å². The summed E-state index contributed by atoms with van der Waals surface area (Å²) in [5, 5.41) is 9.06. The van der Waals surface area contributed by atoms with Crippen LogP contribution in [0.25, 0.3) is 0 Å². The van der Waals surface area contributed by atoms with Gasteiger partial charge in [-0.25, -0.2) is 8.42 Å². The smallest absolute Gasteiger partial charge is 0.341 e. The Balaban J connectivity index is 2.42. The zero-order valence-corrected chi connectivity index (χ0v) is 11.7. The molecule has 1 saturated heterocycles. The molecule has 0 spiro atoms. The predicted octanol–water partition coefficient (Wildman–Crippen LogP) is 0.675. The maximum atomic E-state index is 12.7.